The van der Waals surface area contributed by atoms with E-state index in [1.54, 1.807) is 35.0 Å². The van der Waals surface area contributed by atoms with Crippen molar-refractivity contribution in [2.75, 3.05) is 16.8 Å². The number of amides is 1. The van der Waals surface area contributed by atoms with E-state index in [1.807, 2.05) is 13.8 Å². The summed E-state index contributed by atoms with van der Waals surface area (Å²) in [5, 5.41) is 7.53. The number of aromatic nitrogens is 2. The van der Waals surface area contributed by atoms with Crippen molar-refractivity contribution in [1.29, 1.82) is 0 Å². The van der Waals surface area contributed by atoms with Gasteiger partial charge in [0.1, 0.15) is 17.5 Å². The average molecular weight is 346 g/mol. The fourth-order valence-corrected chi connectivity index (χ4v) is 2.97. The Balaban J connectivity index is 1.78. The molecule has 25 heavy (non-hydrogen) atoms. The molecular formula is C18H23FN4O2. The lowest BCUT2D eigenvalue weighted by Crippen LogP contribution is -2.47. The molecule has 134 valence electrons. The molecule has 0 spiro atoms. The van der Waals surface area contributed by atoms with Gasteiger partial charge in [-0.2, -0.15) is 0 Å². The molecule has 7 heteroatoms. The van der Waals surface area contributed by atoms with Gasteiger partial charge in [-0.05, 0) is 44.9 Å². The predicted octanol–water partition coefficient (Wildman–Crippen LogP) is 2.95. The van der Waals surface area contributed by atoms with Gasteiger partial charge in [-0.1, -0.05) is 6.07 Å². The Labute approximate surface area is 146 Å². The molecule has 1 unspecified atom stereocenters. The van der Waals surface area contributed by atoms with Gasteiger partial charge in [0, 0.05) is 19.3 Å². The van der Waals surface area contributed by atoms with E-state index in [1.165, 1.54) is 12.1 Å². The fraction of sp³-hybridized carbons (Fsp3) is 0.444. The minimum atomic E-state index is -0.393. The van der Waals surface area contributed by atoms with Crippen molar-refractivity contribution in [3.05, 3.63) is 36.3 Å². The van der Waals surface area contributed by atoms with E-state index in [-0.39, 0.29) is 17.8 Å². The highest BCUT2D eigenvalue weighted by Gasteiger charge is 2.31. The molecule has 1 amide bonds. The maximum atomic E-state index is 13.5. The maximum Gasteiger partial charge on any atom is 0.256 e. The normalized spacial score (nSPS) is 17.9. The Morgan fingerprint density at radius 2 is 2.20 bits per heavy atom. The number of ether oxygens (including phenoxy) is 1. The van der Waals surface area contributed by atoms with Crippen molar-refractivity contribution in [3.8, 4) is 5.88 Å². The molecule has 2 heterocycles. The van der Waals surface area contributed by atoms with E-state index in [2.05, 4.69) is 10.4 Å². The van der Waals surface area contributed by atoms with Crippen LogP contribution in [-0.4, -0.2) is 34.4 Å². The van der Waals surface area contributed by atoms with Gasteiger partial charge in [0.25, 0.3) is 5.88 Å². The van der Waals surface area contributed by atoms with Crippen LogP contribution >= 0.6 is 0 Å². The van der Waals surface area contributed by atoms with Gasteiger partial charge in [0.05, 0.1) is 12.3 Å². The van der Waals surface area contributed by atoms with E-state index < -0.39 is 6.04 Å². The summed E-state index contributed by atoms with van der Waals surface area (Å²) >= 11 is 0. The van der Waals surface area contributed by atoms with Crippen molar-refractivity contribution >= 4 is 17.3 Å². The molecule has 0 bridgehead atoms. The first kappa shape index (κ1) is 17.3. The average Bonchev–Trinajstić information content (AvgIpc) is 2.88. The van der Waals surface area contributed by atoms with Crippen molar-refractivity contribution in [2.24, 2.45) is 7.05 Å². The van der Waals surface area contributed by atoms with Crippen LogP contribution in [0.1, 0.15) is 26.7 Å². The van der Waals surface area contributed by atoms with Crippen LogP contribution in [0.25, 0.3) is 0 Å². The second kappa shape index (κ2) is 7.13. The lowest BCUT2D eigenvalue weighted by Gasteiger charge is -2.33. The van der Waals surface area contributed by atoms with Crippen molar-refractivity contribution in [2.45, 2.75) is 38.8 Å². The van der Waals surface area contributed by atoms with E-state index in [9.17, 15) is 9.18 Å². The molecule has 1 saturated heterocycles. The highest BCUT2D eigenvalue weighted by Crippen LogP contribution is 2.28. The minimum Gasteiger partial charge on any atom is -0.472 e. The number of hydrogen-bond acceptors (Lipinski definition) is 4. The summed E-state index contributed by atoms with van der Waals surface area (Å²) in [6, 6.07) is 5.73. The zero-order valence-corrected chi connectivity index (χ0v) is 14.7. The van der Waals surface area contributed by atoms with Crippen molar-refractivity contribution in [1.82, 2.24) is 9.78 Å². The number of anilines is 2. The number of benzene rings is 1. The molecule has 1 aliphatic heterocycles. The topological polar surface area (TPSA) is 59.4 Å². The molecule has 0 saturated carbocycles. The Kier molecular flexibility index (Phi) is 4.92. The van der Waals surface area contributed by atoms with Crippen molar-refractivity contribution in [3.63, 3.8) is 0 Å². The summed E-state index contributed by atoms with van der Waals surface area (Å²) in [7, 11) is 1.81. The van der Waals surface area contributed by atoms with Crippen LogP contribution in [-0.2, 0) is 11.8 Å². The van der Waals surface area contributed by atoms with Crippen LogP contribution in [0.5, 0.6) is 5.88 Å². The second-order valence-electron chi connectivity index (χ2n) is 6.50. The monoisotopic (exact) mass is 346 g/mol. The number of piperidine rings is 1. The van der Waals surface area contributed by atoms with Gasteiger partial charge in [0.15, 0.2) is 0 Å². The third kappa shape index (κ3) is 3.92. The number of carbonyl (C=O) groups is 1. The Hall–Kier alpha value is -2.57. The molecule has 1 aliphatic rings. The first-order valence-corrected chi connectivity index (χ1v) is 8.48. The number of nitrogens with one attached hydrogen (secondary N) is 1. The minimum absolute atomic E-state index is 0.0127. The van der Waals surface area contributed by atoms with Crippen LogP contribution in [0, 0.1) is 5.82 Å². The zero-order chi connectivity index (χ0) is 18.0. The maximum absolute atomic E-state index is 13.5. The zero-order valence-electron chi connectivity index (χ0n) is 14.7. The molecule has 2 aromatic rings. The predicted molar refractivity (Wildman–Crippen MR) is 94.4 cm³/mol. The third-order valence-electron chi connectivity index (χ3n) is 4.03. The number of halogens is 1. The Morgan fingerprint density at radius 3 is 2.92 bits per heavy atom. The summed E-state index contributed by atoms with van der Waals surface area (Å²) in [6.07, 6.45) is 3.33. The quantitative estimate of drug-likeness (QED) is 0.904. The van der Waals surface area contributed by atoms with Crippen LogP contribution in [0.2, 0.25) is 0 Å². The summed E-state index contributed by atoms with van der Waals surface area (Å²) in [6.45, 7) is 4.44. The molecular weight excluding hydrogens is 323 g/mol. The molecule has 1 fully saturated rings. The van der Waals surface area contributed by atoms with E-state index in [4.69, 9.17) is 4.74 Å². The molecule has 0 radical (unpaired) electrons. The SMILES string of the molecule is CC(C)Oc1nn(C)cc1NC1CCCN(c2cccc(F)c2)C1=O. The van der Waals surface area contributed by atoms with Crippen LogP contribution in [0.15, 0.2) is 30.5 Å². The van der Waals surface area contributed by atoms with Crippen LogP contribution in [0.4, 0.5) is 15.8 Å². The number of nitrogens with zero attached hydrogens (tertiary/aromatic N) is 3. The molecule has 6 nitrogen and oxygen atoms in total. The van der Waals surface area contributed by atoms with Gasteiger partial charge >= 0.3 is 0 Å². The standard InChI is InChI=1S/C18H23FN4O2/c1-12(2)25-17-16(11-22(3)21-17)20-15-8-5-9-23(18(15)24)14-7-4-6-13(19)10-14/h4,6-7,10-12,15,20H,5,8-9H2,1-3H3. The van der Waals surface area contributed by atoms with E-state index in [0.29, 0.717) is 30.2 Å². The number of hydrogen-bond donors (Lipinski definition) is 1. The smallest absolute Gasteiger partial charge is 0.256 e. The summed E-state index contributed by atoms with van der Waals surface area (Å²) in [5.74, 6) is 0.0599. The Bertz CT molecular complexity index is 759. The van der Waals surface area contributed by atoms with Crippen LogP contribution < -0.4 is 15.0 Å². The first-order valence-electron chi connectivity index (χ1n) is 8.48. The van der Waals surface area contributed by atoms with Gasteiger partial charge in [0.2, 0.25) is 5.91 Å². The number of aryl methyl sites for hydroxylation is 1. The summed E-state index contributed by atoms with van der Waals surface area (Å²) < 4.78 is 20.8. The molecule has 1 aromatic heterocycles. The summed E-state index contributed by atoms with van der Waals surface area (Å²) in [5.41, 5.74) is 1.27. The lowest BCUT2D eigenvalue weighted by molar-refractivity contribution is -0.120. The fourth-order valence-electron chi connectivity index (χ4n) is 2.97. The number of carbonyl (C=O) groups excluding carboxylic acids is 1. The van der Waals surface area contributed by atoms with Gasteiger partial charge in [-0.25, -0.2) is 4.39 Å². The third-order valence-corrected chi connectivity index (χ3v) is 4.03. The van der Waals surface area contributed by atoms with Gasteiger partial charge < -0.3 is 15.0 Å². The molecule has 0 aliphatic carbocycles. The largest absolute Gasteiger partial charge is 0.472 e. The van der Waals surface area contributed by atoms with Crippen molar-refractivity contribution < 1.29 is 13.9 Å². The highest BCUT2D eigenvalue weighted by molar-refractivity contribution is 5.99. The molecule has 1 N–H and O–H groups in total. The Morgan fingerprint density at radius 1 is 1.40 bits per heavy atom. The summed E-state index contributed by atoms with van der Waals surface area (Å²) in [4.78, 5) is 14.5. The molecule has 3 rings (SSSR count). The van der Waals surface area contributed by atoms with E-state index >= 15 is 0 Å². The highest BCUT2D eigenvalue weighted by atomic mass is 19.1. The first-order chi connectivity index (χ1) is 11.9. The molecule has 1 atom stereocenters. The lowest BCUT2D eigenvalue weighted by atomic mass is 10.0. The van der Waals surface area contributed by atoms with Gasteiger partial charge in [-0.3, -0.25) is 9.48 Å². The van der Waals surface area contributed by atoms with Crippen LogP contribution in [0.3, 0.4) is 0 Å². The number of rotatable bonds is 5. The molecule has 1 aromatic carbocycles. The van der Waals surface area contributed by atoms with E-state index in [0.717, 1.165) is 6.42 Å². The second-order valence-corrected chi connectivity index (χ2v) is 6.50. The van der Waals surface area contributed by atoms with Gasteiger partial charge in [-0.15, -0.1) is 5.10 Å².